The van der Waals surface area contributed by atoms with Gasteiger partial charge in [-0.2, -0.15) is 0 Å². The molecule has 2 N–H and O–H groups in total. The van der Waals surface area contributed by atoms with Crippen LogP contribution in [0, 0.1) is 6.92 Å². The van der Waals surface area contributed by atoms with Crippen LogP contribution in [0.15, 0.2) is 48.5 Å². The van der Waals surface area contributed by atoms with Gasteiger partial charge >= 0.3 is 0 Å². The quantitative estimate of drug-likeness (QED) is 0.820. The molecule has 0 bridgehead atoms. The van der Waals surface area contributed by atoms with Gasteiger partial charge in [0.15, 0.2) is 0 Å². The number of carbonyl (C=O) groups is 1. The van der Waals surface area contributed by atoms with Gasteiger partial charge in [-0.1, -0.05) is 30.3 Å². The standard InChI is InChI=1S/C15H16N2O/c1-11-7-6-10-13(14(11)16)15(18)17(2)12-8-4-3-5-9-12/h3-10H,16H2,1-2H3. The average molecular weight is 240 g/mol. The lowest BCUT2D eigenvalue weighted by Crippen LogP contribution is -2.27. The fourth-order valence-electron chi connectivity index (χ4n) is 1.82. The van der Waals surface area contributed by atoms with Crippen LogP contribution in [0.5, 0.6) is 0 Å². The van der Waals surface area contributed by atoms with E-state index < -0.39 is 0 Å². The molecule has 92 valence electrons. The minimum atomic E-state index is -0.0950. The topological polar surface area (TPSA) is 46.3 Å². The molecule has 2 aromatic carbocycles. The Morgan fingerprint density at radius 3 is 2.39 bits per heavy atom. The van der Waals surface area contributed by atoms with Crippen molar-refractivity contribution in [3.63, 3.8) is 0 Å². The Kier molecular flexibility index (Phi) is 3.33. The Morgan fingerprint density at radius 1 is 1.06 bits per heavy atom. The third kappa shape index (κ3) is 2.20. The van der Waals surface area contributed by atoms with Gasteiger partial charge in [0.05, 0.1) is 5.56 Å². The van der Waals surface area contributed by atoms with Crippen molar-refractivity contribution in [2.24, 2.45) is 0 Å². The number of carbonyl (C=O) groups excluding carboxylic acids is 1. The molecule has 0 atom stereocenters. The van der Waals surface area contributed by atoms with Gasteiger partial charge in [0.1, 0.15) is 0 Å². The normalized spacial score (nSPS) is 10.1. The maximum Gasteiger partial charge on any atom is 0.260 e. The lowest BCUT2D eigenvalue weighted by Gasteiger charge is -2.18. The zero-order valence-corrected chi connectivity index (χ0v) is 10.6. The van der Waals surface area contributed by atoms with Gasteiger partial charge in [0.25, 0.3) is 5.91 Å². The first-order chi connectivity index (χ1) is 8.61. The van der Waals surface area contributed by atoms with Crippen LogP contribution in [0.1, 0.15) is 15.9 Å². The summed E-state index contributed by atoms with van der Waals surface area (Å²) in [7, 11) is 1.75. The number of amides is 1. The van der Waals surface area contributed by atoms with E-state index in [0.717, 1.165) is 11.3 Å². The highest BCUT2D eigenvalue weighted by Crippen LogP contribution is 2.21. The molecule has 0 unspecified atom stereocenters. The zero-order valence-electron chi connectivity index (χ0n) is 10.6. The van der Waals surface area contributed by atoms with E-state index in [4.69, 9.17) is 5.73 Å². The molecule has 3 nitrogen and oxygen atoms in total. The molecule has 0 saturated heterocycles. The van der Waals surface area contributed by atoms with Gasteiger partial charge in [-0.3, -0.25) is 4.79 Å². The number of rotatable bonds is 2. The number of nitrogen functional groups attached to an aromatic ring is 1. The Bertz CT molecular complexity index is 564. The second-order valence-corrected chi connectivity index (χ2v) is 4.24. The van der Waals surface area contributed by atoms with Crippen LogP contribution in [0.2, 0.25) is 0 Å². The molecule has 0 saturated carbocycles. The summed E-state index contributed by atoms with van der Waals surface area (Å²) in [5.74, 6) is -0.0950. The van der Waals surface area contributed by atoms with Gasteiger partial charge in [-0.05, 0) is 30.7 Å². The van der Waals surface area contributed by atoms with Crippen molar-refractivity contribution in [2.75, 3.05) is 17.7 Å². The maximum atomic E-state index is 12.4. The molecule has 2 rings (SSSR count). The summed E-state index contributed by atoms with van der Waals surface area (Å²) < 4.78 is 0. The third-order valence-electron chi connectivity index (χ3n) is 3.00. The summed E-state index contributed by atoms with van der Waals surface area (Å²) in [4.78, 5) is 14.0. The van der Waals surface area contributed by atoms with Crippen molar-refractivity contribution >= 4 is 17.3 Å². The molecular weight excluding hydrogens is 224 g/mol. The molecule has 0 radical (unpaired) electrons. The summed E-state index contributed by atoms with van der Waals surface area (Å²) in [5, 5.41) is 0. The molecule has 0 aliphatic rings. The number of nitrogens with two attached hydrogens (primary N) is 1. The van der Waals surface area contributed by atoms with Crippen LogP contribution in [0.25, 0.3) is 0 Å². The van der Waals surface area contributed by atoms with E-state index in [9.17, 15) is 4.79 Å². The van der Waals surface area contributed by atoms with Gasteiger partial charge in [-0.15, -0.1) is 0 Å². The van der Waals surface area contributed by atoms with Crippen LogP contribution < -0.4 is 10.6 Å². The minimum Gasteiger partial charge on any atom is -0.398 e. The molecule has 1 amide bonds. The van der Waals surface area contributed by atoms with Crippen LogP contribution in [-0.2, 0) is 0 Å². The van der Waals surface area contributed by atoms with E-state index in [1.54, 1.807) is 18.0 Å². The van der Waals surface area contributed by atoms with Crippen molar-refractivity contribution in [3.8, 4) is 0 Å². The average Bonchev–Trinajstić information content (AvgIpc) is 2.41. The monoisotopic (exact) mass is 240 g/mol. The second kappa shape index (κ2) is 4.92. The number of hydrogen-bond donors (Lipinski definition) is 1. The number of anilines is 2. The summed E-state index contributed by atoms with van der Waals surface area (Å²) in [6.07, 6.45) is 0. The van der Waals surface area contributed by atoms with Gasteiger partial charge in [0.2, 0.25) is 0 Å². The Labute approximate surface area is 107 Å². The molecule has 0 aromatic heterocycles. The van der Waals surface area contributed by atoms with Gasteiger partial charge in [0, 0.05) is 18.4 Å². The molecule has 0 fully saturated rings. The molecule has 3 heteroatoms. The fourth-order valence-corrected chi connectivity index (χ4v) is 1.82. The maximum absolute atomic E-state index is 12.4. The smallest absolute Gasteiger partial charge is 0.260 e. The van der Waals surface area contributed by atoms with Crippen molar-refractivity contribution in [2.45, 2.75) is 6.92 Å². The molecular formula is C15H16N2O. The molecule has 18 heavy (non-hydrogen) atoms. The Balaban J connectivity index is 2.35. The number of aryl methyl sites for hydroxylation is 1. The number of benzene rings is 2. The number of hydrogen-bond acceptors (Lipinski definition) is 2. The van der Waals surface area contributed by atoms with Crippen molar-refractivity contribution in [1.82, 2.24) is 0 Å². The zero-order chi connectivity index (χ0) is 13.1. The molecule has 0 spiro atoms. The first-order valence-corrected chi connectivity index (χ1v) is 5.79. The Morgan fingerprint density at radius 2 is 1.72 bits per heavy atom. The van der Waals surface area contributed by atoms with Gasteiger partial charge < -0.3 is 10.6 Å². The van der Waals surface area contributed by atoms with Crippen molar-refractivity contribution in [1.29, 1.82) is 0 Å². The largest absolute Gasteiger partial charge is 0.398 e. The summed E-state index contributed by atoms with van der Waals surface area (Å²) in [5.41, 5.74) is 8.81. The predicted octanol–water partition coefficient (Wildman–Crippen LogP) is 2.85. The Hall–Kier alpha value is -2.29. The third-order valence-corrected chi connectivity index (χ3v) is 3.00. The van der Waals surface area contributed by atoms with E-state index in [1.807, 2.05) is 49.4 Å². The van der Waals surface area contributed by atoms with Crippen LogP contribution >= 0.6 is 0 Å². The molecule has 2 aromatic rings. The predicted molar refractivity (Wildman–Crippen MR) is 74.8 cm³/mol. The molecule has 0 aliphatic carbocycles. The van der Waals surface area contributed by atoms with E-state index in [1.165, 1.54) is 0 Å². The van der Waals surface area contributed by atoms with Crippen molar-refractivity contribution in [3.05, 3.63) is 59.7 Å². The van der Waals surface area contributed by atoms with E-state index in [2.05, 4.69) is 0 Å². The highest BCUT2D eigenvalue weighted by molar-refractivity contribution is 6.09. The van der Waals surface area contributed by atoms with Crippen molar-refractivity contribution < 1.29 is 4.79 Å². The first-order valence-electron chi connectivity index (χ1n) is 5.79. The van der Waals surface area contributed by atoms with E-state index in [-0.39, 0.29) is 5.91 Å². The minimum absolute atomic E-state index is 0.0950. The van der Waals surface area contributed by atoms with E-state index in [0.29, 0.717) is 11.3 Å². The van der Waals surface area contributed by atoms with Crippen LogP contribution in [0.3, 0.4) is 0 Å². The second-order valence-electron chi connectivity index (χ2n) is 4.24. The van der Waals surface area contributed by atoms with Crippen LogP contribution in [-0.4, -0.2) is 13.0 Å². The highest BCUT2D eigenvalue weighted by atomic mass is 16.2. The van der Waals surface area contributed by atoms with Gasteiger partial charge in [-0.25, -0.2) is 0 Å². The summed E-state index contributed by atoms with van der Waals surface area (Å²) >= 11 is 0. The molecule has 0 aliphatic heterocycles. The number of para-hydroxylation sites is 2. The molecule has 0 heterocycles. The highest BCUT2D eigenvalue weighted by Gasteiger charge is 2.16. The first kappa shape index (κ1) is 12.2. The van der Waals surface area contributed by atoms with Crippen LogP contribution in [0.4, 0.5) is 11.4 Å². The van der Waals surface area contributed by atoms with E-state index >= 15 is 0 Å². The lowest BCUT2D eigenvalue weighted by atomic mass is 10.1. The number of nitrogens with zero attached hydrogens (tertiary/aromatic N) is 1. The summed E-state index contributed by atoms with van der Waals surface area (Å²) in [6.45, 7) is 1.90. The summed E-state index contributed by atoms with van der Waals surface area (Å²) in [6, 6.07) is 15.0. The fraction of sp³-hybridized carbons (Fsp3) is 0.133. The SMILES string of the molecule is Cc1cccc(C(=O)N(C)c2ccccc2)c1N. The lowest BCUT2D eigenvalue weighted by molar-refractivity contribution is 0.0994.